The minimum atomic E-state index is -1.00. The number of carboxylic acids is 1. The SMILES string of the molecule is O=C(O)C1=C(C(=O)Cc2sc3c(c2-c2nc(C4CC4)no2)CC[C@H](F)C3)CCCC1. The van der Waals surface area contributed by atoms with Gasteiger partial charge in [-0.05, 0) is 56.9 Å². The topological polar surface area (TPSA) is 93.3 Å². The highest BCUT2D eigenvalue weighted by atomic mass is 32.1. The predicted molar refractivity (Wildman–Crippen MR) is 108 cm³/mol. The summed E-state index contributed by atoms with van der Waals surface area (Å²) in [6, 6.07) is 0. The van der Waals surface area contributed by atoms with Crippen molar-refractivity contribution in [2.24, 2.45) is 0 Å². The second-order valence-electron chi connectivity index (χ2n) is 8.44. The number of allylic oxidation sites excluding steroid dienone is 1. The van der Waals surface area contributed by atoms with Crippen molar-refractivity contribution in [1.82, 2.24) is 10.1 Å². The Balaban J connectivity index is 1.52. The van der Waals surface area contributed by atoms with E-state index < -0.39 is 12.1 Å². The number of hydrogen-bond donors (Lipinski definition) is 1. The lowest BCUT2D eigenvalue weighted by molar-refractivity contribution is -0.133. The van der Waals surface area contributed by atoms with Gasteiger partial charge in [0.15, 0.2) is 11.6 Å². The zero-order valence-electron chi connectivity index (χ0n) is 16.6. The molecule has 0 spiro atoms. The fourth-order valence-corrected chi connectivity index (χ4v) is 5.93. The molecule has 6 nitrogen and oxygen atoms in total. The number of carbonyl (C=O) groups is 2. The van der Waals surface area contributed by atoms with Gasteiger partial charge < -0.3 is 9.63 Å². The Hall–Kier alpha value is -2.35. The molecule has 0 saturated heterocycles. The second kappa shape index (κ2) is 7.72. The zero-order valence-corrected chi connectivity index (χ0v) is 17.4. The number of hydrogen-bond acceptors (Lipinski definition) is 6. The predicted octanol–water partition coefficient (Wildman–Crippen LogP) is 4.57. The highest BCUT2D eigenvalue weighted by molar-refractivity contribution is 7.12. The van der Waals surface area contributed by atoms with Crippen LogP contribution in [0.3, 0.4) is 0 Å². The van der Waals surface area contributed by atoms with E-state index in [0.29, 0.717) is 55.3 Å². The number of aliphatic carboxylic acids is 1. The first-order valence-electron chi connectivity index (χ1n) is 10.6. The van der Waals surface area contributed by atoms with E-state index in [-0.39, 0.29) is 17.8 Å². The Morgan fingerprint density at radius 2 is 1.90 bits per heavy atom. The van der Waals surface area contributed by atoms with Crippen LogP contribution >= 0.6 is 11.3 Å². The van der Waals surface area contributed by atoms with Gasteiger partial charge in [-0.2, -0.15) is 4.98 Å². The number of halogens is 1. The molecule has 2 heterocycles. The lowest BCUT2D eigenvalue weighted by Gasteiger charge is -2.16. The van der Waals surface area contributed by atoms with E-state index in [0.717, 1.165) is 46.6 Å². The number of thiophene rings is 1. The van der Waals surface area contributed by atoms with E-state index in [9.17, 15) is 19.1 Å². The second-order valence-corrected chi connectivity index (χ2v) is 9.63. The van der Waals surface area contributed by atoms with Crippen LogP contribution < -0.4 is 0 Å². The van der Waals surface area contributed by atoms with Gasteiger partial charge in [-0.15, -0.1) is 11.3 Å². The average Bonchev–Trinajstić information content (AvgIpc) is 3.36. The van der Waals surface area contributed by atoms with Gasteiger partial charge in [0.25, 0.3) is 5.89 Å². The summed E-state index contributed by atoms with van der Waals surface area (Å²) in [5.41, 5.74) is 2.46. The Bertz CT molecular complexity index is 1050. The number of aromatic nitrogens is 2. The van der Waals surface area contributed by atoms with Gasteiger partial charge >= 0.3 is 5.97 Å². The molecule has 1 N–H and O–H groups in total. The highest BCUT2D eigenvalue weighted by Gasteiger charge is 2.33. The van der Waals surface area contributed by atoms with E-state index in [1.165, 1.54) is 11.3 Å². The molecule has 2 aromatic rings. The van der Waals surface area contributed by atoms with Crippen LogP contribution in [0.1, 0.15) is 72.0 Å². The molecule has 158 valence electrons. The van der Waals surface area contributed by atoms with Crippen molar-refractivity contribution in [3.05, 3.63) is 32.3 Å². The summed E-state index contributed by atoms with van der Waals surface area (Å²) >= 11 is 1.44. The number of carboxylic acid groups (broad SMARTS) is 1. The lowest BCUT2D eigenvalue weighted by atomic mass is 9.87. The monoisotopic (exact) mass is 430 g/mol. The quantitative estimate of drug-likeness (QED) is 0.722. The van der Waals surface area contributed by atoms with Crippen LogP contribution in [0.15, 0.2) is 15.7 Å². The van der Waals surface area contributed by atoms with Crippen LogP contribution in [-0.4, -0.2) is 33.2 Å². The fraction of sp³-hybridized carbons (Fsp3) is 0.545. The van der Waals surface area contributed by atoms with E-state index in [4.69, 9.17) is 4.52 Å². The van der Waals surface area contributed by atoms with E-state index >= 15 is 0 Å². The fourth-order valence-electron chi connectivity index (χ4n) is 4.52. The number of Topliss-reactive ketones (excluding diaryl/α,β-unsaturated/α-hetero) is 1. The largest absolute Gasteiger partial charge is 0.478 e. The number of ketones is 1. The Morgan fingerprint density at radius 3 is 2.63 bits per heavy atom. The molecule has 30 heavy (non-hydrogen) atoms. The minimum Gasteiger partial charge on any atom is -0.478 e. The zero-order chi connectivity index (χ0) is 20.8. The van der Waals surface area contributed by atoms with Gasteiger partial charge in [0.2, 0.25) is 0 Å². The summed E-state index contributed by atoms with van der Waals surface area (Å²) in [6.45, 7) is 0. The molecule has 0 aromatic carbocycles. The van der Waals surface area contributed by atoms with Crippen LogP contribution in [0.5, 0.6) is 0 Å². The van der Waals surface area contributed by atoms with Crippen molar-refractivity contribution >= 4 is 23.1 Å². The molecule has 3 aliphatic rings. The normalized spacial score (nSPS) is 21.6. The molecule has 1 saturated carbocycles. The van der Waals surface area contributed by atoms with Gasteiger partial charge in [0.05, 0.1) is 5.56 Å². The Labute approximate surface area is 177 Å². The van der Waals surface area contributed by atoms with Crippen molar-refractivity contribution in [2.75, 3.05) is 0 Å². The number of nitrogens with zero attached hydrogens (tertiary/aromatic N) is 2. The van der Waals surface area contributed by atoms with E-state index in [2.05, 4.69) is 10.1 Å². The third kappa shape index (κ3) is 3.62. The minimum absolute atomic E-state index is 0.0945. The number of carbonyl (C=O) groups excluding carboxylic acids is 1. The molecule has 1 atom stereocenters. The Kier molecular flexibility index (Phi) is 5.05. The molecule has 0 amide bonds. The van der Waals surface area contributed by atoms with Crippen molar-refractivity contribution in [3.63, 3.8) is 0 Å². The summed E-state index contributed by atoms with van der Waals surface area (Å²) in [4.78, 5) is 31.0. The van der Waals surface area contributed by atoms with Crippen molar-refractivity contribution in [1.29, 1.82) is 0 Å². The molecule has 5 rings (SSSR count). The Morgan fingerprint density at radius 1 is 1.13 bits per heavy atom. The third-order valence-electron chi connectivity index (χ3n) is 6.26. The first-order valence-corrected chi connectivity index (χ1v) is 11.4. The number of fused-ring (bicyclic) bond motifs is 1. The summed E-state index contributed by atoms with van der Waals surface area (Å²) in [5.74, 6) is 0.290. The standard InChI is InChI=1S/C22H23FN2O4S/c23-12-7-8-15-17(9-12)30-18(19(15)21-24-20(25-29-21)11-5-6-11)10-16(26)13-3-1-2-4-14(13)22(27)28/h11-12H,1-10H2,(H,27,28)/t12-/m0/s1. The van der Waals surface area contributed by atoms with Crippen LogP contribution in [0, 0.1) is 0 Å². The number of rotatable bonds is 6. The lowest BCUT2D eigenvalue weighted by Crippen LogP contribution is -2.17. The molecule has 0 bridgehead atoms. The van der Waals surface area contributed by atoms with Crippen molar-refractivity contribution in [3.8, 4) is 11.5 Å². The molecule has 1 fully saturated rings. The third-order valence-corrected chi connectivity index (χ3v) is 7.51. The first-order chi connectivity index (χ1) is 14.5. The van der Waals surface area contributed by atoms with Gasteiger partial charge in [0.1, 0.15) is 6.17 Å². The van der Waals surface area contributed by atoms with Crippen LogP contribution in [0.25, 0.3) is 11.5 Å². The van der Waals surface area contributed by atoms with E-state index in [1.807, 2.05) is 0 Å². The molecule has 0 aliphatic heterocycles. The molecular weight excluding hydrogens is 407 g/mol. The first kappa shape index (κ1) is 19.6. The van der Waals surface area contributed by atoms with Crippen molar-refractivity contribution in [2.45, 2.75) is 76.3 Å². The van der Waals surface area contributed by atoms with Gasteiger partial charge in [-0.1, -0.05) is 5.16 Å². The maximum atomic E-state index is 14.0. The van der Waals surface area contributed by atoms with Crippen LogP contribution in [0.4, 0.5) is 4.39 Å². The summed E-state index contributed by atoms with van der Waals surface area (Å²) < 4.78 is 19.6. The van der Waals surface area contributed by atoms with Gasteiger partial charge in [0, 0.05) is 39.7 Å². The van der Waals surface area contributed by atoms with Gasteiger partial charge in [-0.25, -0.2) is 9.18 Å². The summed E-state index contributed by atoms with van der Waals surface area (Å²) in [5, 5.41) is 13.6. The molecular formula is C22H23FN2O4S. The van der Waals surface area contributed by atoms with Crippen LogP contribution in [0.2, 0.25) is 0 Å². The molecule has 3 aliphatic carbocycles. The van der Waals surface area contributed by atoms with Crippen molar-refractivity contribution < 1.29 is 23.6 Å². The highest BCUT2D eigenvalue weighted by Crippen LogP contribution is 2.44. The van der Waals surface area contributed by atoms with Gasteiger partial charge in [-0.3, -0.25) is 4.79 Å². The smallest absolute Gasteiger partial charge is 0.331 e. The molecule has 0 radical (unpaired) electrons. The maximum absolute atomic E-state index is 14.0. The molecule has 2 aromatic heterocycles. The average molecular weight is 431 g/mol. The maximum Gasteiger partial charge on any atom is 0.331 e. The number of alkyl halides is 1. The summed E-state index contributed by atoms with van der Waals surface area (Å²) in [6.07, 6.45) is 5.25. The molecule has 8 heteroatoms. The van der Waals surface area contributed by atoms with E-state index in [1.54, 1.807) is 0 Å². The summed E-state index contributed by atoms with van der Waals surface area (Å²) in [7, 11) is 0. The molecule has 0 unspecified atom stereocenters. The van der Waals surface area contributed by atoms with Crippen LogP contribution in [-0.2, 0) is 28.9 Å².